The zero-order chi connectivity index (χ0) is 20.2. The van der Waals surface area contributed by atoms with Gasteiger partial charge in [0.1, 0.15) is 5.78 Å². The van der Waals surface area contributed by atoms with Gasteiger partial charge in [-0.05, 0) is 24.5 Å². The summed E-state index contributed by atoms with van der Waals surface area (Å²) in [6.07, 6.45) is 5.56. The molecule has 1 fully saturated rings. The number of aryl methyl sites for hydroxylation is 1. The summed E-state index contributed by atoms with van der Waals surface area (Å²) in [6, 6.07) is 8.09. The lowest BCUT2D eigenvalue weighted by Gasteiger charge is -2.32. The number of nitrogens with one attached hydrogen (secondary N) is 1. The first-order valence-electron chi connectivity index (χ1n) is 10.3. The Bertz CT molecular complexity index is 1010. The molecule has 1 aliphatic rings. The number of hydrogen-bond acceptors (Lipinski definition) is 5. The number of likely N-dealkylation sites (tertiary alicyclic amines) is 1. The summed E-state index contributed by atoms with van der Waals surface area (Å²) in [4.78, 5) is 29.6. The third kappa shape index (κ3) is 4.39. The van der Waals surface area contributed by atoms with Crippen LogP contribution in [0.4, 0.5) is 0 Å². The van der Waals surface area contributed by atoms with Gasteiger partial charge in [-0.1, -0.05) is 25.1 Å². The summed E-state index contributed by atoms with van der Waals surface area (Å²) < 4.78 is 5.76. The minimum atomic E-state index is -0.0103. The van der Waals surface area contributed by atoms with Crippen LogP contribution in [0.3, 0.4) is 0 Å². The summed E-state index contributed by atoms with van der Waals surface area (Å²) >= 11 is 0. The van der Waals surface area contributed by atoms with Gasteiger partial charge in [0.25, 0.3) is 0 Å². The van der Waals surface area contributed by atoms with Gasteiger partial charge < -0.3 is 14.3 Å². The van der Waals surface area contributed by atoms with Crippen LogP contribution in [0.2, 0.25) is 0 Å². The van der Waals surface area contributed by atoms with Crippen molar-refractivity contribution < 1.29 is 14.0 Å². The molecule has 1 atom stereocenters. The molecule has 29 heavy (non-hydrogen) atoms. The Balaban J connectivity index is 1.32. The number of carbonyl (C=O) groups excluding carboxylic acids is 2. The van der Waals surface area contributed by atoms with Gasteiger partial charge in [0.05, 0.1) is 6.42 Å². The number of H-pyrrole nitrogens is 1. The number of hydrogen-bond donors (Lipinski definition) is 1. The van der Waals surface area contributed by atoms with Gasteiger partial charge in [0, 0.05) is 55.4 Å². The number of para-hydroxylation sites is 1. The predicted octanol–water partition coefficient (Wildman–Crippen LogP) is 3.29. The van der Waals surface area contributed by atoms with Gasteiger partial charge in [-0.15, -0.1) is 10.2 Å². The number of ketones is 1. The summed E-state index contributed by atoms with van der Waals surface area (Å²) in [5.74, 6) is 1.32. The first-order chi connectivity index (χ1) is 14.1. The van der Waals surface area contributed by atoms with Gasteiger partial charge >= 0.3 is 0 Å². The van der Waals surface area contributed by atoms with E-state index in [1.807, 2.05) is 36.2 Å². The van der Waals surface area contributed by atoms with Gasteiger partial charge in [-0.25, -0.2) is 0 Å². The second kappa shape index (κ2) is 8.59. The van der Waals surface area contributed by atoms with Crippen LogP contribution in [-0.4, -0.2) is 44.9 Å². The van der Waals surface area contributed by atoms with Crippen molar-refractivity contribution in [3.63, 3.8) is 0 Å². The van der Waals surface area contributed by atoms with Crippen molar-refractivity contribution in [2.24, 2.45) is 5.92 Å². The molecule has 2 aromatic heterocycles. The second-order valence-electron chi connectivity index (χ2n) is 7.62. The normalized spacial score (nSPS) is 17.0. The van der Waals surface area contributed by atoms with E-state index in [0.29, 0.717) is 44.0 Å². The lowest BCUT2D eigenvalue weighted by Crippen LogP contribution is -2.42. The lowest BCUT2D eigenvalue weighted by molar-refractivity contribution is -0.135. The number of benzene rings is 1. The molecule has 1 aliphatic heterocycles. The quantitative estimate of drug-likeness (QED) is 0.664. The van der Waals surface area contributed by atoms with Crippen LogP contribution in [0.5, 0.6) is 0 Å². The molecule has 7 nitrogen and oxygen atoms in total. The molecule has 0 aliphatic carbocycles. The molecule has 1 N–H and O–H groups in total. The van der Waals surface area contributed by atoms with Gasteiger partial charge in [0.15, 0.2) is 0 Å². The number of rotatable bonds is 7. The highest BCUT2D eigenvalue weighted by Gasteiger charge is 2.27. The van der Waals surface area contributed by atoms with Crippen molar-refractivity contribution in [1.29, 1.82) is 0 Å². The van der Waals surface area contributed by atoms with Crippen molar-refractivity contribution >= 4 is 22.6 Å². The Labute approximate surface area is 169 Å². The van der Waals surface area contributed by atoms with Crippen LogP contribution >= 0.6 is 0 Å². The molecule has 3 aromatic rings. The van der Waals surface area contributed by atoms with E-state index in [1.54, 1.807) is 0 Å². The fourth-order valence-corrected chi connectivity index (χ4v) is 4.03. The maximum atomic E-state index is 12.6. The number of piperidine rings is 1. The van der Waals surface area contributed by atoms with Crippen molar-refractivity contribution in [2.75, 3.05) is 13.1 Å². The zero-order valence-corrected chi connectivity index (χ0v) is 16.7. The first kappa shape index (κ1) is 19.4. The van der Waals surface area contributed by atoms with Crippen molar-refractivity contribution in [3.05, 3.63) is 47.8 Å². The van der Waals surface area contributed by atoms with Crippen LogP contribution in [0.1, 0.15) is 50.0 Å². The first-order valence-corrected chi connectivity index (χ1v) is 10.3. The molecule has 1 aromatic carbocycles. The van der Waals surface area contributed by atoms with Crippen molar-refractivity contribution in [1.82, 2.24) is 20.1 Å². The molecule has 0 unspecified atom stereocenters. The molecule has 0 spiro atoms. The average Bonchev–Trinajstić information content (AvgIpc) is 3.39. The van der Waals surface area contributed by atoms with Crippen LogP contribution in [-0.2, 0) is 22.4 Å². The molecular weight excluding hydrogens is 368 g/mol. The smallest absolute Gasteiger partial charge is 0.223 e. The molecule has 3 heterocycles. The molecular formula is C22H26N4O3. The van der Waals surface area contributed by atoms with E-state index in [1.165, 1.54) is 0 Å². The van der Waals surface area contributed by atoms with Gasteiger partial charge in [-0.2, -0.15) is 0 Å². The van der Waals surface area contributed by atoms with E-state index in [2.05, 4.69) is 21.2 Å². The Kier molecular flexibility index (Phi) is 5.74. The Morgan fingerprint density at radius 3 is 2.93 bits per heavy atom. The summed E-state index contributed by atoms with van der Waals surface area (Å²) in [5, 5.41) is 9.38. The average molecular weight is 394 g/mol. The van der Waals surface area contributed by atoms with Gasteiger partial charge in [0.2, 0.25) is 17.7 Å². The van der Waals surface area contributed by atoms with E-state index in [-0.39, 0.29) is 17.6 Å². The van der Waals surface area contributed by atoms with Crippen LogP contribution in [0, 0.1) is 5.92 Å². The highest BCUT2D eigenvalue weighted by atomic mass is 16.4. The van der Waals surface area contributed by atoms with E-state index in [0.717, 1.165) is 35.9 Å². The standard InChI is InChI=1S/C22H26N4O3/c1-2-19(27)15-6-5-11-26(14-15)22(28)10-9-20-24-25-21(29-20)12-16-13-23-18-8-4-3-7-17(16)18/h3-4,7-8,13,15,23H,2,5-6,9-12,14H2,1H3/t15-/m1/s1. The third-order valence-corrected chi connectivity index (χ3v) is 5.66. The van der Waals surface area contributed by atoms with E-state index >= 15 is 0 Å². The van der Waals surface area contributed by atoms with Crippen LogP contribution in [0.25, 0.3) is 10.9 Å². The molecule has 1 saturated heterocycles. The zero-order valence-electron chi connectivity index (χ0n) is 16.7. The summed E-state index contributed by atoms with van der Waals surface area (Å²) in [6.45, 7) is 3.15. The maximum absolute atomic E-state index is 12.6. The number of amides is 1. The van der Waals surface area contributed by atoms with E-state index in [4.69, 9.17) is 4.42 Å². The molecule has 4 rings (SSSR count). The molecule has 0 radical (unpaired) electrons. The van der Waals surface area contributed by atoms with Crippen molar-refractivity contribution in [3.8, 4) is 0 Å². The highest BCUT2D eigenvalue weighted by molar-refractivity contribution is 5.83. The summed E-state index contributed by atoms with van der Waals surface area (Å²) in [5.41, 5.74) is 2.18. The number of nitrogens with zero attached hydrogens (tertiary/aromatic N) is 3. The number of fused-ring (bicyclic) bond motifs is 1. The molecule has 0 bridgehead atoms. The fourth-order valence-electron chi connectivity index (χ4n) is 4.03. The SMILES string of the molecule is CCC(=O)[C@@H]1CCCN(C(=O)CCc2nnc(Cc3c[nH]c4ccccc34)o2)C1. The molecule has 152 valence electrons. The monoisotopic (exact) mass is 394 g/mol. The minimum absolute atomic E-state index is 0.0103. The maximum Gasteiger partial charge on any atom is 0.223 e. The second-order valence-corrected chi connectivity index (χ2v) is 7.62. The molecule has 0 saturated carbocycles. The molecule has 7 heteroatoms. The minimum Gasteiger partial charge on any atom is -0.425 e. The Morgan fingerprint density at radius 1 is 1.24 bits per heavy atom. The third-order valence-electron chi connectivity index (χ3n) is 5.66. The molecule has 1 amide bonds. The van der Waals surface area contributed by atoms with E-state index in [9.17, 15) is 9.59 Å². The van der Waals surface area contributed by atoms with Crippen molar-refractivity contribution in [2.45, 2.75) is 45.4 Å². The Morgan fingerprint density at radius 2 is 2.07 bits per heavy atom. The number of aromatic amines is 1. The number of aromatic nitrogens is 3. The largest absolute Gasteiger partial charge is 0.425 e. The highest BCUT2D eigenvalue weighted by Crippen LogP contribution is 2.21. The summed E-state index contributed by atoms with van der Waals surface area (Å²) in [7, 11) is 0. The fraction of sp³-hybridized carbons (Fsp3) is 0.455. The number of Topliss-reactive ketones (excluding diaryl/α,β-unsaturated/α-hetero) is 1. The predicted molar refractivity (Wildman–Crippen MR) is 108 cm³/mol. The Hall–Kier alpha value is -2.96. The topological polar surface area (TPSA) is 92.1 Å². The number of carbonyl (C=O) groups is 2. The van der Waals surface area contributed by atoms with Crippen LogP contribution in [0.15, 0.2) is 34.9 Å². The lowest BCUT2D eigenvalue weighted by atomic mass is 9.92. The van der Waals surface area contributed by atoms with Gasteiger partial charge in [-0.3, -0.25) is 9.59 Å². The van der Waals surface area contributed by atoms with E-state index < -0.39 is 0 Å². The van der Waals surface area contributed by atoms with Crippen LogP contribution < -0.4 is 0 Å².